The molecular formula is C27H27BrN6O3. The van der Waals surface area contributed by atoms with E-state index < -0.39 is 16.8 Å². The average Bonchev–Trinajstić information content (AvgIpc) is 3.28. The van der Waals surface area contributed by atoms with Crippen LogP contribution in [0.4, 0.5) is 0 Å². The lowest BCUT2D eigenvalue weighted by Crippen LogP contribution is -2.44. The van der Waals surface area contributed by atoms with Gasteiger partial charge in [0, 0.05) is 23.0 Å². The van der Waals surface area contributed by atoms with E-state index in [1.165, 1.54) is 0 Å². The number of hydrogen-bond donors (Lipinski definition) is 4. The van der Waals surface area contributed by atoms with Crippen LogP contribution in [-0.2, 0) is 16.0 Å². The van der Waals surface area contributed by atoms with E-state index in [0.29, 0.717) is 25.1 Å². The lowest BCUT2D eigenvalue weighted by molar-refractivity contribution is -0.148. The molecule has 2 heterocycles. The molecule has 190 valence electrons. The molecule has 2 saturated carbocycles. The number of hydrogen-bond acceptors (Lipinski definition) is 5. The van der Waals surface area contributed by atoms with E-state index in [9.17, 15) is 14.7 Å². The predicted octanol–water partition coefficient (Wildman–Crippen LogP) is 4.86. The van der Waals surface area contributed by atoms with Crippen molar-refractivity contribution >= 4 is 38.7 Å². The summed E-state index contributed by atoms with van der Waals surface area (Å²) in [7, 11) is 0. The molecule has 1 amide bonds. The molecule has 6 rings (SSSR count). The molecule has 10 heteroatoms. The molecular weight excluding hydrogens is 536 g/mol. The number of fused-ring (bicyclic) bond motifs is 1. The standard InChI is InChI=1S/C27H27BrN6O3/c28-21-19-13-16(14-26(11-12-26)24(35)29-15-27(25(36)37)9-1-2-10-27)3-8-20(19)30-22(21)17-4-6-18(7-5-17)23-31-33-34-32-23/h3-8,13,30H,1-2,9-12,14-15H2,(H,29,35)(H,36,37)(H,31,32,33,34). The van der Waals surface area contributed by atoms with Gasteiger partial charge in [0.05, 0.1) is 21.0 Å². The molecule has 2 aromatic heterocycles. The second-order valence-electron chi connectivity index (χ2n) is 10.4. The average molecular weight is 563 g/mol. The summed E-state index contributed by atoms with van der Waals surface area (Å²) >= 11 is 3.78. The van der Waals surface area contributed by atoms with Gasteiger partial charge in [-0.05, 0) is 76.5 Å². The van der Waals surface area contributed by atoms with E-state index in [0.717, 1.165) is 63.4 Å². The van der Waals surface area contributed by atoms with Crippen molar-refractivity contribution < 1.29 is 14.7 Å². The van der Waals surface area contributed by atoms with E-state index in [1.54, 1.807) is 0 Å². The lowest BCUT2D eigenvalue weighted by Gasteiger charge is -2.25. The lowest BCUT2D eigenvalue weighted by atomic mass is 9.85. The number of carbonyl (C=O) groups is 2. The molecule has 4 N–H and O–H groups in total. The fourth-order valence-corrected chi connectivity index (χ4v) is 6.22. The minimum Gasteiger partial charge on any atom is -0.481 e. The predicted molar refractivity (Wildman–Crippen MR) is 142 cm³/mol. The van der Waals surface area contributed by atoms with Crippen LogP contribution in [0.5, 0.6) is 0 Å². The Morgan fingerprint density at radius 2 is 1.73 bits per heavy atom. The maximum Gasteiger partial charge on any atom is 0.311 e. The van der Waals surface area contributed by atoms with Crippen LogP contribution in [0.3, 0.4) is 0 Å². The summed E-state index contributed by atoms with van der Waals surface area (Å²) in [5.41, 5.74) is 3.72. The number of benzene rings is 2. The van der Waals surface area contributed by atoms with Crippen molar-refractivity contribution in [3.8, 4) is 22.6 Å². The van der Waals surface area contributed by atoms with Gasteiger partial charge in [-0.25, -0.2) is 0 Å². The molecule has 2 aliphatic carbocycles. The van der Waals surface area contributed by atoms with Crippen LogP contribution >= 0.6 is 15.9 Å². The van der Waals surface area contributed by atoms with Crippen molar-refractivity contribution in [2.75, 3.05) is 6.54 Å². The maximum atomic E-state index is 13.2. The summed E-state index contributed by atoms with van der Waals surface area (Å²) in [4.78, 5) is 28.5. The highest BCUT2D eigenvalue weighted by Crippen LogP contribution is 2.49. The molecule has 9 nitrogen and oxygen atoms in total. The molecule has 0 aliphatic heterocycles. The van der Waals surface area contributed by atoms with Crippen molar-refractivity contribution in [2.45, 2.75) is 44.9 Å². The molecule has 0 bridgehead atoms. The number of rotatable bonds is 8. The van der Waals surface area contributed by atoms with Gasteiger partial charge in [-0.15, -0.1) is 10.2 Å². The Hall–Kier alpha value is -3.53. The highest BCUT2D eigenvalue weighted by atomic mass is 79.9. The zero-order valence-corrected chi connectivity index (χ0v) is 21.8. The quantitative estimate of drug-likeness (QED) is 0.242. The zero-order chi connectivity index (χ0) is 25.6. The molecule has 4 aromatic rings. The maximum absolute atomic E-state index is 13.2. The van der Waals surface area contributed by atoms with Crippen molar-refractivity contribution in [1.82, 2.24) is 30.9 Å². The van der Waals surface area contributed by atoms with Gasteiger partial charge in [0.1, 0.15) is 0 Å². The number of carboxylic acid groups (broad SMARTS) is 1. The van der Waals surface area contributed by atoms with E-state index in [4.69, 9.17) is 0 Å². The molecule has 0 unspecified atom stereocenters. The number of H-pyrrole nitrogens is 2. The smallest absolute Gasteiger partial charge is 0.311 e. The Labute approximate surface area is 221 Å². The molecule has 37 heavy (non-hydrogen) atoms. The summed E-state index contributed by atoms with van der Waals surface area (Å²) in [6, 6.07) is 14.2. The minimum absolute atomic E-state index is 0.0179. The van der Waals surface area contributed by atoms with Gasteiger partial charge in [0.25, 0.3) is 0 Å². The highest BCUT2D eigenvalue weighted by molar-refractivity contribution is 9.10. The van der Waals surface area contributed by atoms with Gasteiger partial charge in [0.15, 0.2) is 0 Å². The van der Waals surface area contributed by atoms with Crippen LogP contribution in [0.15, 0.2) is 46.9 Å². The number of carboxylic acids is 1. The molecule has 2 aromatic carbocycles. The molecule has 0 spiro atoms. The largest absolute Gasteiger partial charge is 0.481 e. The van der Waals surface area contributed by atoms with Crippen LogP contribution in [0.2, 0.25) is 0 Å². The SMILES string of the molecule is O=C(O)C1(CNC(=O)C2(Cc3ccc4[nH]c(-c5ccc(-c6nn[nH]n6)cc5)c(Br)c4c3)CC2)CCCC1. The zero-order valence-electron chi connectivity index (χ0n) is 20.2. The molecule has 0 saturated heterocycles. The second kappa shape index (κ2) is 9.09. The normalized spacial score (nSPS) is 17.6. The first-order valence-corrected chi connectivity index (χ1v) is 13.3. The van der Waals surface area contributed by atoms with E-state index in [-0.39, 0.29) is 12.5 Å². The number of aliphatic carboxylic acids is 1. The third-order valence-corrected chi connectivity index (χ3v) is 8.88. The van der Waals surface area contributed by atoms with Gasteiger partial charge in [-0.3, -0.25) is 9.59 Å². The number of carbonyl (C=O) groups excluding carboxylic acids is 1. The summed E-state index contributed by atoms with van der Waals surface area (Å²) in [6.07, 6.45) is 5.37. The van der Waals surface area contributed by atoms with Gasteiger partial charge in [-0.1, -0.05) is 43.2 Å². The fourth-order valence-electron chi connectivity index (χ4n) is 5.57. The van der Waals surface area contributed by atoms with Crippen LogP contribution < -0.4 is 5.32 Å². The summed E-state index contributed by atoms with van der Waals surface area (Å²) in [5, 5.41) is 27.9. The minimum atomic E-state index is -0.805. The third kappa shape index (κ3) is 4.33. The Morgan fingerprint density at radius 3 is 2.38 bits per heavy atom. The summed E-state index contributed by atoms with van der Waals surface area (Å²) in [6.45, 7) is 0.222. The van der Waals surface area contributed by atoms with Gasteiger partial charge in [0.2, 0.25) is 11.7 Å². The Bertz CT molecular complexity index is 1470. The van der Waals surface area contributed by atoms with Gasteiger partial charge < -0.3 is 15.4 Å². The Kier molecular flexibility index (Phi) is 5.86. The number of nitrogens with zero attached hydrogens (tertiary/aromatic N) is 3. The van der Waals surface area contributed by atoms with Crippen LogP contribution in [0.1, 0.15) is 44.1 Å². The van der Waals surface area contributed by atoms with Gasteiger partial charge >= 0.3 is 5.97 Å². The van der Waals surface area contributed by atoms with Crippen molar-refractivity contribution in [1.29, 1.82) is 0 Å². The van der Waals surface area contributed by atoms with E-state index >= 15 is 0 Å². The number of tetrazole rings is 1. The van der Waals surface area contributed by atoms with Crippen molar-refractivity contribution in [2.24, 2.45) is 10.8 Å². The van der Waals surface area contributed by atoms with Gasteiger partial charge in [-0.2, -0.15) is 5.21 Å². The Balaban J connectivity index is 1.19. The summed E-state index contributed by atoms with van der Waals surface area (Å²) < 4.78 is 0.968. The van der Waals surface area contributed by atoms with E-state index in [1.807, 2.05) is 24.3 Å². The number of aromatic amines is 2. The number of halogens is 1. The number of aromatic nitrogens is 5. The monoisotopic (exact) mass is 562 g/mol. The number of nitrogens with one attached hydrogen (secondary N) is 3. The highest BCUT2D eigenvalue weighted by Gasteiger charge is 2.51. The van der Waals surface area contributed by atoms with Crippen molar-refractivity contribution in [3.63, 3.8) is 0 Å². The molecule has 2 fully saturated rings. The van der Waals surface area contributed by atoms with Crippen molar-refractivity contribution in [3.05, 3.63) is 52.5 Å². The fraction of sp³-hybridized carbons (Fsp3) is 0.370. The Morgan fingerprint density at radius 1 is 1.00 bits per heavy atom. The van der Waals surface area contributed by atoms with Crippen LogP contribution in [0, 0.1) is 10.8 Å². The van der Waals surface area contributed by atoms with Crippen LogP contribution in [0.25, 0.3) is 33.5 Å². The third-order valence-electron chi connectivity index (χ3n) is 8.06. The first-order chi connectivity index (χ1) is 17.9. The second-order valence-corrected chi connectivity index (χ2v) is 11.2. The molecule has 0 atom stereocenters. The van der Waals surface area contributed by atoms with E-state index in [2.05, 4.69) is 65.1 Å². The molecule has 2 aliphatic rings. The summed E-state index contributed by atoms with van der Waals surface area (Å²) in [5.74, 6) is -0.264. The molecule has 0 radical (unpaired) electrons. The first-order valence-electron chi connectivity index (χ1n) is 12.6. The number of amides is 1. The topological polar surface area (TPSA) is 137 Å². The first kappa shape index (κ1) is 23.8. The van der Waals surface area contributed by atoms with Crippen LogP contribution in [-0.4, -0.2) is 49.1 Å².